The van der Waals surface area contributed by atoms with Gasteiger partial charge in [-0.15, -0.1) is 0 Å². The van der Waals surface area contributed by atoms with Crippen LogP contribution in [0.4, 0.5) is 0 Å². The summed E-state index contributed by atoms with van der Waals surface area (Å²) in [5.41, 5.74) is 0.140. The lowest BCUT2D eigenvalue weighted by Crippen LogP contribution is -2.49. The van der Waals surface area contributed by atoms with Crippen molar-refractivity contribution in [3.05, 3.63) is 0 Å². The molecule has 2 N–H and O–H groups in total. The van der Waals surface area contributed by atoms with Crippen LogP contribution in [0.3, 0.4) is 0 Å². The summed E-state index contributed by atoms with van der Waals surface area (Å²) in [6.07, 6.45) is 6.51. The van der Waals surface area contributed by atoms with E-state index >= 15 is 0 Å². The third kappa shape index (κ3) is 8.36. The van der Waals surface area contributed by atoms with Gasteiger partial charge in [0.1, 0.15) is 0 Å². The van der Waals surface area contributed by atoms with E-state index in [1.165, 1.54) is 77.9 Å². The van der Waals surface area contributed by atoms with Gasteiger partial charge in [-0.05, 0) is 86.2 Å². The normalized spacial score (nSPS) is 21.9. The third-order valence-electron chi connectivity index (χ3n) is 5.94. The highest BCUT2D eigenvalue weighted by molar-refractivity contribution is 5.79. The van der Waals surface area contributed by atoms with E-state index < -0.39 is 0 Å². The lowest BCUT2D eigenvalue weighted by atomic mass is 9.99. The highest BCUT2D eigenvalue weighted by Crippen LogP contribution is 2.20. The molecule has 2 saturated heterocycles. The van der Waals surface area contributed by atoms with Gasteiger partial charge < -0.3 is 20.4 Å². The Balaban J connectivity index is 1.72. The molecule has 0 saturated carbocycles. The number of likely N-dealkylation sites (tertiary alicyclic amines) is 1. The largest absolute Gasteiger partial charge is 0.357 e. The van der Waals surface area contributed by atoms with Crippen molar-refractivity contribution in [1.29, 1.82) is 0 Å². The molecule has 6 heteroatoms. The highest BCUT2D eigenvalue weighted by atomic mass is 15.2. The van der Waals surface area contributed by atoms with Crippen molar-refractivity contribution in [2.75, 3.05) is 72.5 Å². The van der Waals surface area contributed by atoms with Crippen LogP contribution in [-0.2, 0) is 0 Å². The zero-order valence-corrected chi connectivity index (χ0v) is 18.4. The summed E-state index contributed by atoms with van der Waals surface area (Å²) in [6.45, 7) is 18.1. The number of nitrogens with zero attached hydrogens (tertiary/aromatic N) is 4. The number of hydrogen-bond acceptors (Lipinski definition) is 4. The molecule has 0 spiro atoms. The number of nitrogens with one attached hydrogen (secondary N) is 2. The molecule has 0 amide bonds. The van der Waals surface area contributed by atoms with E-state index in [2.05, 4.69) is 53.2 Å². The lowest BCUT2D eigenvalue weighted by Gasteiger charge is -2.40. The molecule has 27 heavy (non-hydrogen) atoms. The first kappa shape index (κ1) is 22.4. The summed E-state index contributed by atoms with van der Waals surface area (Å²) in [5.74, 6) is 0.971. The maximum Gasteiger partial charge on any atom is 0.191 e. The van der Waals surface area contributed by atoms with Gasteiger partial charge in [0.05, 0.1) is 6.54 Å². The first-order chi connectivity index (χ1) is 13.0. The van der Waals surface area contributed by atoms with E-state index in [1.807, 2.05) is 0 Å². The minimum Gasteiger partial charge on any atom is -0.357 e. The molecule has 0 aromatic rings. The molecule has 0 unspecified atom stereocenters. The molecule has 0 aromatic carbocycles. The summed E-state index contributed by atoms with van der Waals surface area (Å²) in [5, 5.41) is 6.96. The van der Waals surface area contributed by atoms with Crippen LogP contribution >= 0.6 is 0 Å². The van der Waals surface area contributed by atoms with Gasteiger partial charge in [-0.1, -0.05) is 6.42 Å². The summed E-state index contributed by atoms with van der Waals surface area (Å²) < 4.78 is 0. The second-order valence-corrected chi connectivity index (χ2v) is 8.83. The van der Waals surface area contributed by atoms with E-state index in [4.69, 9.17) is 4.99 Å². The molecule has 0 atom stereocenters. The zero-order valence-electron chi connectivity index (χ0n) is 18.4. The van der Waals surface area contributed by atoms with Gasteiger partial charge in [0.25, 0.3) is 0 Å². The maximum atomic E-state index is 4.90. The highest BCUT2D eigenvalue weighted by Gasteiger charge is 2.27. The topological polar surface area (TPSA) is 46.1 Å². The first-order valence-corrected chi connectivity index (χ1v) is 11.2. The number of hydrogen-bond donors (Lipinski definition) is 2. The van der Waals surface area contributed by atoms with Crippen LogP contribution in [0.25, 0.3) is 0 Å². The smallest absolute Gasteiger partial charge is 0.191 e. The standard InChI is InChI=1S/C21H44N6/c1-5-22-20(24-19-21(2,3)27-15-7-6-8-16-27)23-11-9-13-26-14-10-12-25(4)17-18-26/h5-19H2,1-4H3,(H2,22,23,24). The molecule has 2 heterocycles. The van der Waals surface area contributed by atoms with Crippen LogP contribution in [0.2, 0.25) is 0 Å². The summed E-state index contributed by atoms with van der Waals surface area (Å²) >= 11 is 0. The minimum absolute atomic E-state index is 0.140. The van der Waals surface area contributed by atoms with Gasteiger partial charge in [0, 0.05) is 31.7 Å². The van der Waals surface area contributed by atoms with Gasteiger partial charge in [-0.2, -0.15) is 0 Å². The van der Waals surface area contributed by atoms with Gasteiger partial charge in [0.2, 0.25) is 0 Å². The predicted molar refractivity (Wildman–Crippen MR) is 117 cm³/mol. The average molecular weight is 381 g/mol. The van der Waals surface area contributed by atoms with Crippen molar-refractivity contribution in [3.8, 4) is 0 Å². The van der Waals surface area contributed by atoms with Crippen LogP contribution in [0.15, 0.2) is 4.99 Å². The van der Waals surface area contributed by atoms with Gasteiger partial charge in [-0.3, -0.25) is 9.89 Å². The molecule has 2 fully saturated rings. The van der Waals surface area contributed by atoms with Gasteiger partial charge >= 0.3 is 0 Å². The Morgan fingerprint density at radius 1 is 0.926 bits per heavy atom. The molecule has 0 bridgehead atoms. The van der Waals surface area contributed by atoms with Crippen LogP contribution in [0.1, 0.15) is 52.9 Å². The number of aliphatic imine (C=N–C) groups is 1. The summed E-state index contributed by atoms with van der Waals surface area (Å²) in [4.78, 5) is 12.6. The molecule has 0 radical (unpaired) electrons. The van der Waals surface area contributed by atoms with Crippen LogP contribution in [0, 0.1) is 0 Å². The second-order valence-electron chi connectivity index (χ2n) is 8.83. The Hall–Kier alpha value is -0.850. The van der Waals surface area contributed by atoms with Crippen molar-refractivity contribution < 1.29 is 0 Å². The van der Waals surface area contributed by atoms with E-state index in [0.717, 1.165) is 25.6 Å². The monoisotopic (exact) mass is 380 g/mol. The fourth-order valence-electron chi connectivity index (χ4n) is 4.05. The fraction of sp³-hybridized carbons (Fsp3) is 0.952. The maximum absolute atomic E-state index is 4.90. The number of likely N-dealkylation sites (N-methyl/N-ethyl adjacent to an activating group) is 1. The Morgan fingerprint density at radius 2 is 1.70 bits per heavy atom. The van der Waals surface area contributed by atoms with E-state index in [-0.39, 0.29) is 5.54 Å². The number of guanidine groups is 1. The zero-order chi connectivity index (χ0) is 19.5. The molecule has 2 rings (SSSR count). The average Bonchev–Trinajstić information content (AvgIpc) is 2.88. The quantitative estimate of drug-likeness (QED) is 0.382. The second kappa shape index (κ2) is 11.9. The molecule has 6 nitrogen and oxygen atoms in total. The van der Waals surface area contributed by atoms with E-state index in [0.29, 0.717) is 0 Å². The van der Waals surface area contributed by atoms with Crippen LogP contribution < -0.4 is 10.6 Å². The van der Waals surface area contributed by atoms with Crippen molar-refractivity contribution in [2.45, 2.75) is 58.4 Å². The van der Waals surface area contributed by atoms with Crippen molar-refractivity contribution >= 4 is 5.96 Å². The Morgan fingerprint density at radius 3 is 2.44 bits per heavy atom. The Labute approximate surface area is 167 Å². The number of rotatable bonds is 8. The van der Waals surface area contributed by atoms with Crippen molar-refractivity contribution in [3.63, 3.8) is 0 Å². The lowest BCUT2D eigenvalue weighted by molar-refractivity contribution is 0.102. The molecule has 158 valence electrons. The minimum atomic E-state index is 0.140. The fourth-order valence-corrected chi connectivity index (χ4v) is 4.05. The summed E-state index contributed by atoms with van der Waals surface area (Å²) in [6, 6.07) is 0. The van der Waals surface area contributed by atoms with Crippen LogP contribution in [0.5, 0.6) is 0 Å². The Kier molecular flexibility index (Phi) is 9.87. The van der Waals surface area contributed by atoms with E-state index in [9.17, 15) is 0 Å². The predicted octanol–water partition coefficient (Wildman–Crippen LogP) is 1.83. The van der Waals surface area contributed by atoms with Gasteiger partial charge in [-0.25, -0.2) is 0 Å². The number of piperidine rings is 1. The molecular formula is C21H44N6. The molecular weight excluding hydrogens is 336 g/mol. The van der Waals surface area contributed by atoms with Crippen molar-refractivity contribution in [1.82, 2.24) is 25.3 Å². The molecule has 0 aromatic heterocycles. The molecule has 2 aliphatic heterocycles. The Bertz CT molecular complexity index is 430. The van der Waals surface area contributed by atoms with Gasteiger partial charge in [0.15, 0.2) is 5.96 Å². The first-order valence-electron chi connectivity index (χ1n) is 11.2. The van der Waals surface area contributed by atoms with Crippen molar-refractivity contribution in [2.24, 2.45) is 4.99 Å². The van der Waals surface area contributed by atoms with E-state index in [1.54, 1.807) is 0 Å². The SMILES string of the molecule is CCNC(=NCC(C)(C)N1CCCCC1)NCCCN1CCCN(C)CC1. The molecule has 0 aliphatic carbocycles. The summed E-state index contributed by atoms with van der Waals surface area (Å²) in [7, 11) is 2.23. The van der Waals surface area contributed by atoms with Crippen LogP contribution in [-0.4, -0.2) is 98.7 Å². The third-order valence-corrected chi connectivity index (χ3v) is 5.94. The molecule has 2 aliphatic rings.